The number of nitrogens with zero attached hydrogens (tertiary/aromatic N) is 1. The standard InChI is InChI=1S/C16H12N2/c1-2-6-12-11(5-1)9-18-16(12)14-10-17-15-8-4-3-7-13(14)15/h1-10,14,18H. The molecule has 0 bridgehead atoms. The highest BCUT2D eigenvalue weighted by atomic mass is 14.8. The van der Waals surface area contributed by atoms with E-state index in [-0.39, 0.29) is 5.92 Å². The fraction of sp³-hybridized carbons (Fsp3) is 0.0625. The van der Waals surface area contributed by atoms with Gasteiger partial charge in [0.1, 0.15) is 0 Å². The van der Waals surface area contributed by atoms with Crippen LogP contribution in [0.25, 0.3) is 10.8 Å². The van der Waals surface area contributed by atoms with Crippen molar-refractivity contribution in [3.8, 4) is 0 Å². The largest absolute Gasteiger partial charge is 0.363 e. The van der Waals surface area contributed by atoms with Crippen LogP contribution < -0.4 is 0 Å². The minimum Gasteiger partial charge on any atom is -0.363 e. The summed E-state index contributed by atoms with van der Waals surface area (Å²) in [6.45, 7) is 0. The van der Waals surface area contributed by atoms with E-state index in [1.165, 1.54) is 22.0 Å². The minimum absolute atomic E-state index is 0.251. The summed E-state index contributed by atoms with van der Waals surface area (Å²) in [6, 6.07) is 16.8. The van der Waals surface area contributed by atoms with Gasteiger partial charge in [-0.1, -0.05) is 42.5 Å². The average Bonchev–Trinajstić information content (AvgIpc) is 3.01. The molecule has 1 N–H and O–H groups in total. The van der Waals surface area contributed by atoms with E-state index in [1.54, 1.807) is 0 Å². The summed E-state index contributed by atoms with van der Waals surface area (Å²) in [5.74, 6) is 0.251. The quantitative estimate of drug-likeness (QED) is 0.656. The van der Waals surface area contributed by atoms with Crippen molar-refractivity contribution in [1.29, 1.82) is 0 Å². The van der Waals surface area contributed by atoms with Gasteiger partial charge in [0.2, 0.25) is 0 Å². The first-order chi connectivity index (χ1) is 8.93. The maximum absolute atomic E-state index is 4.50. The van der Waals surface area contributed by atoms with Crippen LogP contribution in [0.5, 0.6) is 0 Å². The molecule has 3 aromatic rings. The number of aliphatic imine (C=N–C) groups is 1. The molecule has 1 atom stereocenters. The Morgan fingerprint density at radius 3 is 2.78 bits per heavy atom. The summed E-state index contributed by atoms with van der Waals surface area (Å²) in [5, 5.41) is 2.54. The van der Waals surface area contributed by atoms with Crippen LogP contribution in [-0.4, -0.2) is 11.2 Å². The van der Waals surface area contributed by atoms with Crippen LogP contribution in [0.15, 0.2) is 59.7 Å². The third-order valence-corrected chi connectivity index (χ3v) is 3.58. The fourth-order valence-corrected chi connectivity index (χ4v) is 2.69. The van der Waals surface area contributed by atoms with Crippen molar-refractivity contribution in [3.05, 3.63) is 66.0 Å². The van der Waals surface area contributed by atoms with Crippen molar-refractivity contribution in [3.63, 3.8) is 0 Å². The predicted molar refractivity (Wildman–Crippen MR) is 74.7 cm³/mol. The average molecular weight is 232 g/mol. The van der Waals surface area contributed by atoms with Gasteiger partial charge in [0.15, 0.2) is 0 Å². The van der Waals surface area contributed by atoms with Crippen molar-refractivity contribution < 1.29 is 0 Å². The lowest BCUT2D eigenvalue weighted by Crippen LogP contribution is -1.99. The molecule has 0 aliphatic carbocycles. The molecule has 0 saturated carbocycles. The highest BCUT2D eigenvalue weighted by molar-refractivity contribution is 5.93. The molecule has 0 fully saturated rings. The number of nitrogens with one attached hydrogen (secondary N) is 1. The molecule has 2 heterocycles. The Morgan fingerprint density at radius 2 is 1.78 bits per heavy atom. The molecule has 1 aliphatic rings. The topological polar surface area (TPSA) is 28.1 Å². The van der Waals surface area contributed by atoms with Crippen molar-refractivity contribution >= 4 is 22.7 Å². The zero-order chi connectivity index (χ0) is 11.9. The molecule has 0 spiro atoms. The molecule has 0 amide bonds. The zero-order valence-corrected chi connectivity index (χ0v) is 9.80. The van der Waals surface area contributed by atoms with E-state index < -0.39 is 0 Å². The van der Waals surface area contributed by atoms with Gasteiger partial charge in [-0.05, 0) is 17.0 Å². The Balaban J connectivity index is 1.93. The highest BCUT2D eigenvalue weighted by Crippen LogP contribution is 2.37. The van der Waals surface area contributed by atoms with Crippen molar-refractivity contribution in [1.82, 2.24) is 4.98 Å². The van der Waals surface area contributed by atoms with Gasteiger partial charge in [-0.3, -0.25) is 4.99 Å². The SMILES string of the molecule is C1=Nc2ccccc2C1c1[nH]cc2ccccc12. The minimum atomic E-state index is 0.251. The number of rotatable bonds is 1. The third kappa shape index (κ3) is 1.26. The number of para-hydroxylation sites is 1. The second-order valence-corrected chi connectivity index (χ2v) is 4.60. The zero-order valence-electron chi connectivity index (χ0n) is 9.80. The van der Waals surface area contributed by atoms with Gasteiger partial charge >= 0.3 is 0 Å². The van der Waals surface area contributed by atoms with Crippen LogP contribution in [-0.2, 0) is 0 Å². The number of hydrogen-bond donors (Lipinski definition) is 1. The van der Waals surface area contributed by atoms with Gasteiger partial charge in [-0.2, -0.15) is 0 Å². The Labute approximate surface area is 105 Å². The lowest BCUT2D eigenvalue weighted by molar-refractivity contribution is 1.07. The van der Waals surface area contributed by atoms with Crippen LogP contribution in [0, 0.1) is 0 Å². The third-order valence-electron chi connectivity index (χ3n) is 3.58. The predicted octanol–water partition coefficient (Wildman–Crippen LogP) is 4.02. The van der Waals surface area contributed by atoms with Gasteiger partial charge in [0, 0.05) is 23.5 Å². The van der Waals surface area contributed by atoms with Crippen LogP contribution in [0.4, 0.5) is 5.69 Å². The lowest BCUT2D eigenvalue weighted by Gasteiger charge is -2.08. The van der Waals surface area contributed by atoms with Crippen molar-refractivity contribution in [2.24, 2.45) is 4.99 Å². The number of fused-ring (bicyclic) bond motifs is 2. The summed E-state index contributed by atoms with van der Waals surface area (Å²) in [6.07, 6.45) is 4.10. The van der Waals surface area contributed by atoms with Crippen LogP contribution >= 0.6 is 0 Å². The summed E-state index contributed by atoms with van der Waals surface area (Å²) in [4.78, 5) is 7.90. The Bertz CT molecular complexity index is 752. The van der Waals surface area contributed by atoms with E-state index in [4.69, 9.17) is 0 Å². The van der Waals surface area contributed by atoms with Gasteiger partial charge in [-0.25, -0.2) is 0 Å². The number of aromatic nitrogens is 1. The Hall–Kier alpha value is -2.35. The van der Waals surface area contributed by atoms with E-state index in [0.29, 0.717) is 0 Å². The first-order valence-corrected chi connectivity index (χ1v) is 6.12. The molecule has 0 radical (unpaired) electrons. The molecule has 1 aromatic heterocycles. The summed E-state index contributed by atoms with van der Waals surface area (Å²) >= 11 is 0. The van der Waals surface area contributed by atoms with E-state index in [1.807, 2.05) is 12.3 Å². The summed E-state index contributed by atoms with van der Waals surface area (Å²) < 4.78 is 0. The van der Waals surface area contributed by atoms with Gasteiger partial charge in [0.25, 0.3) is 0 Å². The van der Waals surface area contributed by atoms with Gasteiger partial charge in [0.05, 0.1) is 11.6 Å². The Kier molecular flexibility index (Phi) is 1.92. The van der Waals surface area contributed by atoms with Crippen LogP contribution in [0.3, 0.4) is 0 Å². The molecule has 2 nitrogen and oxygen atoms in total. The maximum Gasteiger partial charge on any atom is 0.0668 e. The van der Waals surface area contributed by atoms with E-state index in [0.717, 1.165) is 5.69 Å². The number of benzene rings is 2. The number of H-pyrrole nitrogens is 1. The molecule has 4 rings (SSSR count). The van der Waals surface area contributed by atoms with E-state index >= 15 is 0 Å². The van der Waals surface area contributed by atoms with E-state index in [2.05, 4.69) is 58.6 Å². The normalized spacial score (nSPS) is 17.2. The molecule has 2 heteroatoms. The van der Waals surface area contributed by atoms with Gasteiger partial charge < -0.3 is 4.98 Å². The summed E-state index contributed by atoms with van der Waals surface area (Å²) in [7, 11) is 0. The maximum atomic E-state index is 4.50. The second kappa shape index (κ2) is 3.57. The molecule has 0 saturated heterocycles. The smallest absolute Gasteiger partial charge is 0.0668 e. The lowest BCUT2D eigenvalue weighted by atomic mass is 9.95. The van der Waals surface area contributed by atoms with E-state index in [9.17, 15) is 0 Å². The van der Waals surface area contributed by atoms with Crippen LogP contribution in [0.1, 0.15) is 17.2 Å². The fourth-order valence-electron chi connectivity index (χ4n) is 2.69. The first kappa shape index (κ1) is 9.66. The van der Waals surface area contributed by atoms with Crippen molar-refractivity contribution in [2.75, 3.05) is 0 Å². The molecular formula is C16H12N2. The monoisotopic (exact) mass is 232 g/mol. The molecule has 1 unspecified atom stereocenters. The van der Waals surface area contributed by atoms with Gasteiger partial charge in [-0.15, -0.1) is 0 Å². The summed E-state index contributed by atoms with van der Waals surface area (Å²) in [5.41, 5.74) is 3.60. The molecule has 1 aliphatic heterocycles. The number of hydrogen-bond acceptors (Lipinski definition) is 1. The number of aromatic amines is 1. The highest BCUT2D eigenvalue weighted by Gasteiger charge is 2.22. The Morgan fingerprint density at radius 1 is 0.944 bits per heavy atom. The second-order valence-electron chi connectivity index (χ2n) is 4.60. The first-order valence-electron chi connectivity index (χ1n) is 6.12. The molecule has 2 aromatic carbocycles. The van der Waals surface area contributed by atoms with Crippen molar-refractivity contribution in [2.45, 2.75) is 5.92 Å². The van der Waals surface area contributed by atoms with Crippen LogP contribution in [0.2, 0.25) is 0 Å². The molecule has 18 heavy (non-hydrogen) atoms. The molecular weight excluding hydrogens is 220 g/mol. The molecule has 86 valence electrons.